The Labute approximate surface area is 96.3 Å². The Balaban J connectivity index is 2.40. The molecule has 0 saturated carbocycles. The van der Waals surface area contributed by atoms with Gasteiger partial charge in [0, 0.05) is 26.3 Å². The first-order valence-corrected chi connectivity index (χ1v) is 5.68. The van der Waals surface area contributed by atoms with Crippen molar-refractivity contribution in [2.24, 2.45) is 5.41 Å². The second kappa shape index (κ2) is 6.18. The Morgan fingerprint density at radius 2 is 2.38 bits per heavy atom. The van der Waals surface area contributed by atoms with Crippen LogP contribution in [0.15, 0.2) is 0 Å². The number of aliphatic carboxylic acids is 1. The maximum Gasteiger partial charge on any atom is 0.313 e. The van der Waals surface area contributed by atoms with Crippen LogP contribution in [0, 0.1) is 5.41 Å². The second-order valence-corrected chi connectivity index (χ2v) is 4.32. The standard InChI is InChI=1S/C11H21NO4/c1-3-15-7-5-12(2)8-11(10(13)14)4-6-16-9-11/h3-9H2,1-2H3,(H,13,14). The summed E-state index contributed by atoms with van der Waals surface area (Å²) in [5, 5.41) is 9.25. The molecule has 1 fully saturated rings. The molecule has 0 aromatic rings. The Morgan fingerprint density at radius 1 is 1.62 bits per heavy atom. The highest BCUT2D eigenvalue weighted by atomic mass is 16.5. The topological polar surface area (TPSA) is 59.0 Å². The average molecular weight is 231 g/mol. The fraction of sp³-hybridized carbons (Fsp3) is 0.909. The van der Waals surface area contributed by atoms with Gasteiger partial charge in [0.1, 0.15) is 5.41 Å². The molecule has 5 nitrogen and oxygen atoms in total. The van der Waals surface area contributed by atoms with E-state index < -0.39 is 11.4 Å². The number of nitrogens with zero attached hydrogens (tertiary/aromatic N) is 1. The molecule has 1 saturated heterocycles. The van der Waals surface area contributed by atoms with Gasteiger partial charge in [-0.05, 0) is 20.4 Å². The van der Waals surface area contributed by atoms with Crippen molar-refractivity contribution in [3.05, 3.63) is 0 Å². The molecule has 1 rings (SSSR count). The van der Waals surface area contributed by atoms with Crippen molar-refractivity contribution >= 4 is 5.97 Å². The van der Waals surface area contributed by atoms with E-state index in [1.54, 1.807) is 0 Å². The van der Waals surface area contributed by atoms with E-state index in [-0.39, 0.29) is 0 Å². The molecule has 1 aliphatic heterocycles. The summed E-state index contributed by atoms with van der Waals surface area (Å²) in [7, 11) is 1.92. The van der Waals surface area contributed by atoms with E-state index in [0.29, 0.717) is 39.4 Å². The second-order valence-electron chi connectivity index (χ2n) is 4.32. The molecule has 94 valence electrons. The van der Waals surface area contributed by atoms with Crippen LogP contribution in [0.1, 0.15) is 13.3 Å². The lowest BCUT2D eigenvalue weighted by atomic mass is 9.87. The Morgan fingerprint density at radius 3 is 2.88 bits per heavy atom. The van der Waals surface area contributed by atoms with Crippen LogP contribution < -0.4 is 0 Å². The van der Waals surface area contributed by atoms with Gasteiger partial charge in [-0.2, -0.15) is 0 Å². The van der Waals surface area contributed by atoms with E-state index >= 15 is 0 Å². The van der Waals surface area contributed by atoms with Crippen molar-refractivity contribution in [2.75, 3.05) is 46.6 Å². The molecule has 1 N–H and O–H groups in total. The van der Waals surface area contributed by atoms with E-state index in [2.05, 4.69) is 0 Å². The van der Waals surface area contributed by atoms with Crippen molar-refractivity contribution < 1.29 is 19.4 Å². The number of likely N-dealkylation sites (N-methyl/N-ethyl adjacent to an activating group) is 1. The lowest BCUT2D eigenvalue weighted by Gasteiger charge is -2.28. The molecule has 0 bridgehead atoms. The Hall–Kier alpha value is -0.650. The SMILES string of the molecule is CCOCCN(C)CC1(C(=O)O)CCOC1. The third-order valence-corrected chi connectivity index (χ3v) is 2.95. The Kier molecular flexibility index (Phi) is 5.18. The van der Waals surface area contributed by atoms with Gasteiger partial charge in [-0.15, -0.1) is 0 Å². The third-order valence-electron chi connectivity index (χ3n) is 2.95. The van der Waals surface area contributed by atoms with Crippen LogP contribution in [0.3, 0.4) is 0 Å². The summed E-state index contributed by atoms with van der Waals surface area (Å²) in [6.07, 6.45) is 0.599. The zero-order valence-corrected chi connectivity index (χ0v) is 10.1. The minimum Gasteiger partial charge on any atom is -0.481 e. The van der Waals surface area contributed by atoms with Gasteiger partial charge in [0.2, 0.25) is 0 Å². The molecule has 0 radical (unpaired) electrons. The van der Waals surface area contributed by atoms with Gasteiger partial charge in [-0.3, -0.25) is 4.79 Å². The number of hydrogen-bond donors (Lipinski definition) is 1. The van der Waals surface area contributed by atoms with E-state index in [9.17, 15) is 9.90 Å². The molecule has 1 unspecified atom stereocenters. The van der Waals surface area contributed by atoms with Gasteiger partial charge in [-0.25, -0.2) is 0 Å². The maximum absolute atomic E-state index is 11.3. The van der Waals surface area contributed by atoms with Crippen LogP contribution in [-0.2, 0) is 14.3 Å². The zero-order chi connectivity index (χ0) is 12.0. The zero-order valence-electron chi connectivity index (χ0n) is 10.1. The van der Waals surface area contributed by atoms with E-state index in [0.717, 1.165) is 6.54 Å². The highest BCUT2D eigenvalue weighted by Crippen LogP contribution is 2.29. The first-order chi connectivity index (χ1) is 7.60. The van der Waals surface area contributed by atoms with Crippen LogP contribution in [0.25, 0.3) is 0 Å². The molecule has 5 heteroatoms. The van der Waals surface area contributed by atoms with Crippen LogP contribution >= 0.6 is 0 Å². The number of hydrogen-bond acceptors (Lipinski definition) is 4. The van der Waals surface area contributed by atoms with Gasteiger partial charge in [-0.1, -0.05) is 0 Å². The first-order valence-electron chi connectivity index (χ1n) is 5.68. The van der Waals surface area contributed by atoms with Crippen molar-refractivity contribution in [3.63, 3.8) is 0 Å². The maximum atomic E-state index is 11.3. The van der Waals surface area contributed by atoms with E-state index in [1.807, 2.05) is 18.9 Å². The van der Waals surface area contributed by atoms with Crippen molar-refractivity contribution in [1.29, 1.82) is 0 Å². The minimum atomic E-state index is -0.756. The Bertz CT molecular complexity index is 226. The molecule has 1 aliphatic rings. The molecule has 0 aromatic heterocycles. The normalized spacial score (nSPS) is 25.2. The first kappa shape index (κ1) is 13.4. The number of carboxylic acids is 1. The number of rotatable bonds is 7. The number of ether oxygens (including phenoxy) is 2. The van der Waals surface area contributed by atoms with Gasteiger partial charge < -0.3 is 19.5 Å². The van der Waals surface area contributed by atoms with Gasteiger partial charge in [0.25, 0.3) is 0 Å². The molecule has 1 atom stereocenters. The van der Waals surface area contributed by atoms with Crippen molar-refractivity contribution in [3.8, 4) is 0 Å². The number of carboxylic acid groups (broad SMARTS) is 1. The minimum absolute atomic E-state index is 0.321. The monoisotopic (exact) mass is 231 g/mol. The summed E-state index contributed by atoms with van der Waals surface area (Å²) < 4.78 is 10.5. The molecule has 1 heterocycles. The predicted molar refractivity (Wildman–Crippen MR) is 59.5 cm³/mol. The van der Waals surface area contributed by atoms with Crippen LogP contribution in [0.2, 0.25) is 0 Å². The highest BCUT2D eigenvalue weighted by molar-refractivity contribution is 5.75. The van der Waals surface area contributed by atoms with E-state index in [1.165, 1.54) is 0 Å². The molecule has 0 aromatic carbocycles. The van der Waals surface area contributed by atoms with Gasteiger partial charge in [0.05, 0.1) is 13.2 Å². The lowest BCUT2D eigenvalue weighted by Crippen LogP contribution is -2.43. The molecule has 0 spiro atoms. The molecule has 16 heavy (non-hydrogen) atoms. The quantitative estimate of drug-likeness (QED) is 0.644. The third kappa shape index (κ3) is 3.43. The summed E-state index contributed by atoms with van der Waals surface area (Å²) in [6.45, 7) is 5.43. The fourth-order valence-corrected chi connectivity index (χ4v) is 1.93. The van der Waals surface area contributed by atoms with Gasteiger partial charge >= 0.3 is 5.97 Å². The van der Waals surface area contributed by atoms with E-state index in [4.69, 9.17) is 9.47 Å². The summed E-state index contributed by atoms with van der Waals surface area (Å²) in [4.78, 5) is 13.2. The van der Waals surface area contributed by atoms with Crippen molar-refractivity contribution in [2.45, 2.75) is 13.3 Å². The molecular formula is C11H21NO4. The summed E-state index contributed by atoms with van der Waals surface area (Å²) in [5.74, 6) is -0.756. The fourth-order valence-electron chi connectivity index (χ4n) is 1.93. The molecular weight excluding hydrogens is 210 g/mol. The summed E-state index contributed by atoms with van der Waals surface area (Å²) in [6, 6.07) is 0. The van der Waals surface area contributed by atoms with Crippen molar-refractivity contribution in [1.82, 2.24) is 4.90 Å². The lowest BCUT2D eigenvalue weighted by molar-refractivity contribution is -0.150. The summed E-state index contributed by atoms with van der Waals surface area (Å²) in [5.41, 5.74) is -0.721. The molecule has 0 amide bonds. The predicted octanol–water partition coefficient (Wildman–Crippen LogP) is 0.446. The average Bonchev–Trinajstić information content (AvgIpc) is 2.68. The van der Waals surface area contributed by atoms with Crippen LogP contribution in [0.5, 0.6) is 0 Å². The largest absolute Gasteiger partial charge is 0.481 e. The van der Waals surface area contributed by atoms with Crippen LogP contribution in [0.4, 0.5) is 0 Å². The number of carbonyl (C=O) groups is 1. The van der Waals surface area contributed by atoms with Crippen LogP contribution in [-0.4, -0.2) is 62.5 Å². The summed E-state index contributed by atoms with van der Waals surface area (Å²) >= 11 is 0. The highest BCUT2D eigenvalue weighted by Gasteiger charge is 2.43. The molecule has 0 aliphatic carbocycles. The smallest absolute Gasteiger partial charge is 0.313 e. The van der Waals surface area contributed by atoms with Gasteiger partial charge in [0.15, 0.2) is 0 Å².